The first-order chi connectivity index (χ1) is 8.79. The maximum Gasteiger partial charge on any atom is 0.225 e. The number of carbonyl (C=O) groups excluding carboxylic acids is 1. The number of halogens is 1. The Kier molecular flexibility index (Phi) is 4.41. The molecule has 1 heterocycles. The molecule has 92 valence electrons. The average molecular weight is 306 g/mol. The van der Waals surface area contributed by atoms with Crippen molar-refractivity contribution in [2.75, 3.05) is 10.6 Å². The first kappa shape index (κ1) is 12.7. The van der Waals surface area contributed by atoms with Crippen LogP contribution in [0.2, 0.25) is 0 Å². The van der Waals surface area contributed by atoms with Crippen molar-refractivity contribution < 1.29 is 4.79 Å². The molecule has 1 aromatic carbocycles. The Morgan fingerprint density at radius 3 is 2.44 bits per heavy atom. The Balaban J connectivity index is 2.09. The van der Waals surface area contributed by atoms with Gasteiger partial charge in [-0.2, -0.15) is 0 Å². The van der Waals surface area contributed by atoms with Crippen LogP contribution in [0.4, 0.5) is 5.69 Å². The molecule has 0 saturated carbocycles. The lowest BCUT2D eigenvalue weighted by Crippen LogP contribution is -2.12. The van der Waals surface area contributed by atoms with Crippen molar-refractivity contribution in [2.24, 2.45) is 0 Å². The molecule has 1 amide bonds. The highest BCUT2D eigenvalue weighted by atomic mass is 79.9. The van der Waals surface area contributed by atoms with E-state index >= 15 is 0 Å². The van der Waals surface area contributed by atoms with E-state index in [0.717, 1.165) is 5.56 Å². The number of anilines is 1. The van der Waals surface area contributed by atoms with Crippen LogP contribution in [-0.4, -0.2) is 21.2 Å². The Bertz CT molecular complexity index is 514. The molecule has 2 aromatic rings. The van der Waals surface area contributed by atoms with Gasteiger partial charge >= 0.3 is 0 Å². The van der Waals surface area contributed by atoms with Crippen molar-refractivity contribution >= 4 is 27.5 Å². The lowest BCUT2D eigenvalue weighted by atomic mass is 10.2. The summed E-state index contributed by atoms with van der Waals surface area (Å²) >= 11 is 3.21. The number of carbonyl (C=O) groups is 1. The fourth-order valence-corrected chi connectivity index (χ4v) is 1.80. The number of alkyl halides is 1. The third kappa shape index (κ3) is 3.37. The maximum absolute atomic E-state index is 11.4. The monoisotopic (exact) mass is 305 g/mol. The lowest BCUT2D eigenvalue weighted by Gasteiger charge is -2.04. The number of hydrogen-bond donors (Lipinski definition) is 1. The Hall–Kier alpha value is -1.75. The summed E-state index contributed by atoms with van der Waals surface area (Å²) in [6, 6.07) is 9.70. The zero-order valence-electron chi connectivity index (χ0n) is 9.64. The molecule has 18 heavy (non-hydrogen) atoms. The lowest BCUT2D eigenvalue weighted by molar-refractivity contribution is -0.115. The minimum Gasteiger partial charge on any atom is -0.323 e. The number of amides is 1. The standard InChI is InChI=1S/C13H12BrN3O/c14-7-6-12(18)17-11-8-15-13(16-9-11)10-4-2-1-3-5-10/h1-5,8-9H,6-7H2,(H,17,18). The van der Waals surface area contributed by atoms with Gasteiger partial charge in [0.05, 0.1) is 18.1 Å². The number of hydrogen-bond acceptors (Lipinski definition) is 3. The maximum atomic E-state index is 11.4. The number of nitrogens with zero attached hydrogens (tertiary/aromatic N) is 2. The Morgan fingerprint density at radius 1 is 1.17 bits per heavy atom. The molecule has 1 N–H and O–H groups in total. The van der Waals surface area contributed by atoms with Crippen molar-refractivity contribution in [3.05, 3.63) is 42.7 Å². The quantitative estimate of drug-likeness (QED) is 0.884. The van der Waals surface area contributed by atoms with Crippen LogP contribution in [0.15, 0.2) is 42.7 Å². The van der Waals surface area contributed by atoms with Gasteiger partial charge in [-0.05, 0) is 0 Å². The summed E-state index contributed by atoms with van der Waals surface area (Å²) in [5.41, 5.74) is 1.57. The summed E-state index contributed by atoms with van der Waals surface area (Å²) < 4.78 is 0. The molecule has 0 radical (unpaired) electrons. The van der Waals surface area contributed by atoms with Crippen molar-refractivity contribution in [3.8, 4) is 11.4 Å². The van der Waals surface area contributed by atoms with Crippen LogP contribution in [0.25, 0.3) is 11.4 Å². The third-order valence-electron chi connectivity index (χ3n) is 2.29. The van der Waals surface area contributed by atoms with Crippen molar-refractivity contribution in [1.82, 2.24) is 9.97 Å². The largest absolute Gasteiger partial charge is 0.323 e. The van der Waals surface area contributed by atoms with Gasteiger partial charge in [-0.1, -0.05) is 46.3 Å². The van der Waals surface area contributed by atoms with E-state index in [4.69, 9.17) is 0 Å². The van der Waals surface area contributed by atoms with Gasteiger partial charge in [0, 0.05) is 17.3 Å². The molecular weight excluding hydrogens is 294 g/mol. The number of benzene rings is 1. The van der Waals surface area contributed by atoms with Crippen LogP contribution < -0.4 is 5.32 Å². The van der Waals surface area contributed by atoms with E-state index in [1.54, 1.807) is 12.4 Å². The van der Waals surface area contributed by atoms with E-state index in [0.29, 0.717) is 23.3 Å². The van der Waals surface area contributed by atoms with Gasteiger partial charge in [0.15, 0.2) is 5.82 Å². The second kappa shape index (κ2) is 6.26. The topological polar surface area (TPSA) is 54.9 Å². The molecule has 0 saturated heterocycles. The molecule has 5 heteroatoms. The fraction of sp³-hybridized carbons (Fsp3) is 0.154. The number of nitrogens with one attached hydrogen (secondary N) is 1. The molecule has 1 aromatic heterocycles. The fourth-order valence-electron chi connectivity index (χ4n) is 1.44. The van der Waals surface area contributed by atoms with Gasteiger partial charge in [0.25, 0.3) is 0 Å². The van der Waals surface area contributed by atoms with Gasteiger partial charge in [0.1, 0.15) is 0 Å². The van der Waals surface area contributed by atoms with Crippen LogP contribution in [0.1, 0.15) is 6.42 Å². The molecule has 0 atom stereocenters. The zero-order chi connectivity index (χ0) is 12.8. The van der Waals surface area contributed by atoms with Gasteiger partial charge in [-0.25, -0.2) is 9.97 Å². The molecule has 0 fully saturated rings. The average Bonchev–Trinajstić information content (AvgIpc) is 2.41. The molecule has 0 unspecified atom stereocenters. The van der Waals surface area contributed by atoms with E-state index in [1.165, 1.54) is 0 Å². The molecule has 0 bridgehead atoms. The van der Waals surface area contributed by atoms with Crippen LogP contribution in [0.3, 0.4) is 0 Å². The molecule has 0 aliphatic carbocycles. The van der Waals surface area contributed by atoms with Crippen LogP contribution in [0, 0.1) is 0 Å². The summed E-state index contributed by atoms with van der Waals surface area (Å²) in [5.74, 6) is 0.594. The van der Waals surface area contributed by atoms with Crippen molar-refractivity contribution in [1.29, 1.82) is 0 Å². The van der Waals surface area contributed by atoms with E-state index in [1.807, 2.05) is 30.3 Å². The first-order valence-electron chi connectivity index (χ1n) is 5.53. The minimum atomic E-state index is -0.0528. The highest BCUT2D eigenvalue weighted by Crippen LogP contribution is 2.14. The van der Waals surface area contributed by atoms with Gasteiger partial charge in [0.2, 0.25) is 5.91 Å². The Labute approximate surface area is 114 Å². The van der Waals surface area contributed by atoms with E-state index < -0.39 is 0 Å². The molecule has 0 aliphatic rings. The minimum absolute atomic E-state index is 0.0528. The summed E-state index contributed by atoms with van der Waals surface area (Å²) in [4.78, 5) is 19.8. The van der Waals surface area contributed by atoms with E-state index in [9.17, 15) is 4.79 Å². The highest BCUT2D eigenvalue weighted by Gasteiger charge is 2.03. The normalized spacial score (nSPS) is 10.1. The molecule has 0 spiro atoms. The van der Waals surface area contributed by atoms with Gasteiger partial charge < -0.3 is 5.32 Å². The molecule has 0 aliphatic heterocycles. The van der Waals surface area contributed by atoms with Gasteiger partial charge in [-0.15, -0.1) is 0 Å². The van der Waals surface area contributed by atoms with E-state index in [-0.39, 0.29) is 5.91 Å². The molecule has 4 nitrogen and oxygen atoms in total. The summed E-state index contributed by atoms with van der Waals surface area (Å²) in [7, 11) is 0. The van der Waals surface area contributed by atoms with Crippen LogP contribution >= 0.6 is 15.9 Å². The van der Waals surface area contributed by atoms with Crippen molar-refractivity contribution in [3.63, 3.8) is 0 Å². The predicted octanol–water partition coefficient (Wildman–Crippen LogP) is 2.87. The summed E-state index contributed by atoms with van der Waals surface area (Å²) in [6.07, 6.45) is 3.66. The Morgan fingerprint density at radius 2 is 1.83 bits per heavy atom. The zero-order valence-corrected chi connectivity index (χ0v) is 11.2. The molecule has 2 rings (SSSR count). The second-order valence-electron chi connectivity index (χ2n) is 3.65. The highest BCUT2D eigenvalue weighted by molar-refractivity contribution is 9.09. The third-order valence-corrected chi connectivity index (χ3v) is 2.69. The van der Waals surface area contributed by atoms with Crippen LogP contribution in [-0.2, 0) is 4.79 Å². The number of aromatic nitrogens is 2. The summed E-state index contributed by atoms with van der Waals surface area (Å²) in [6.45, 7) is 0. The van der Waals surface area contributed by atoms with E-state index in [2.05, 4.69) is 31.2 Å². The smallest absolute Gasteiger partial charge is 0.225 e. The predicted molar refractivity (Wildman–Crippen MR) is 74.5 cm³/mol. The van der Waals surface area contributed by atoms with Crippen molar-refractivity contribution in [2.45, 2.75) is 6.42 Å². The van der Waals surface area contributed by atoms with Crippen LogP contribution in [0.5, 0.6) is 0 Å². The van der Waals surface area contributed by atoms with Gasteiger partial charge in [-0.3, -0.25) is 4.79 Å². The first-order valence-corrected chi connectivity index (χ1v) is 6.65. The molecular formula is C13H12BrN3O. The SMILES string of the molecule is O=C(CCBr)Nc1cnc(-c2ccccc2)nc1. The summed E-state index contributed by atoms with van der Waals surface area (Å²) in [5, 5.41) is 3.37. The second-order valence-corrected chi connectivity index (χ2v) is 4.44. The number of rotatable bonds is 4.